The molecule has 7 rings (SSSR count). The van der Waals surface area contributed by atoms with Crippen molar-refractivity contribution in [2.45, 2.75) is 24.9 Å². The first-order valence-electron chi connectivity index (χ1n) is 14.5. The molecule has 1 spiro atoms. The van der Waals surface area contributed by atoms with Crippen LogP contribution in [0.25, 0.3) is 6.08 Å². The zero-order valence-electron chi connectivity index (χ0n) is 24.9. The predicted molar refractivity (Wildman–Crippen MR) is 167 cm³/mol. The Labute approximate surface area is 255 Å². The van der Waals surface area contributed by atoms with Gasteiger partial charge >= 0.3 is 0 Å². The number of nitrogens with zero attached hydrogens (tertiary/aromatic N) is 1. The van der Waals surface area contributed by atoms with Gasteiger partial charge in [-0.2, -0.15) is 0 Å². The summed E-state index contributed by atoms with van der Waals surface area (Å²) in [6, 6.07) is 23.6. The Morgan fingerprint density at radius 3 is 2.16 bits per heavy atom. The molecule has 220 valence electrons. The molecule has 1 saturated heterocycles. The smallest absolute Gasteiger partial charge is 0.186 e. The summed E-state index contributed by atoms with van der Waals surface area (Å²) >= 11 is 0. The summed E-state index contributed by atoms with van der Waals surface area (Å²) in [6.07, 6.45) is 3.89. The molecule has 0 radical (unpaired) electrons. The second-order valence-electron chi connectivity index (χ2n) is 11.5. The van der Waals surface area contributed by atoms with Crippen molar-refractivity contribution in [2.75, 3.05) is 26.2 Å². The minimum Gasteiger partial charge on any atom is -0.497 e. The van der Waals surface area contributed by atoms with Crippen molar-refractivity contribution in [3.63, 3.8) is 0 Å². The van der Waals surface area contributed by atoms with Gasteiger partial charge in [0.2, 0.25) is 0 Å². The molecular formula is C37H31NO6. The van der Waals surface area contributed by atoms with Gasteiger partial charge in [0.25, 0.3) is 0 Å². The summed E-state index contributed by atoms with van der Waals surface area (Å²) in [5.41, 5.74) is 2.86. The summed E-state index contributed by atoms with van der Waals surface area (Å²) in [5, 5.41) is 0. The normalized spacial score (nSPS) is 20.7. The van der Waals surface area contributed by atoms with Crippen LogP contribution in [-0.4, -0.2) is 50.8 Å². The second-order valence-corrected chi connectivity index (χ2v) is 11.5. The van der Waals surface area contributed by atoms with E-state index in [0.717, 1.165) is 16.8 Å². The van der Waals surface area contributed by atoms with Crippen molar-refractivity contribution in [1.29, 1.82) is 0 Å². The number of ether oxygens (including phenoxy) is 3. The number of benzene rings is 4. The summed E-state index contributed by atoms with van der Waals surface area (Å²) < 4.78 is 16.8. The standard InChI is InChI=1S/C37H31NO6/c1-21-12-16-29-22(18-21)13-17-31-37(35(40)26-10-5-6-11-27(26)36(37)41)32(28-15-14-25(43-3)20-30(28)44-4)33(38(29)31)34(39)23-8-7-9-24(19-23)42-2/h5-20,31-33H,1-4H3/t31-,32+,33-/m0/s1. The van der Waals surface area contributed by atoms with E-state index in [0.29, 0.717) is 39.5 Å². The first-order valence-corrected chi connectivity index (χ1v) is 14.5. The van der Waals surface area contributed by atoms with E-state index in [1.54, 1.807) is 74.9 Å². The zero-order valence-corrected chi connectivity index (χ0v) is 24.9. The lowest BCUT2D eigenvalue weighted by molar-refractivity contribution is 0.0664. The highest BCUT2D eigenvalue weighted by Crippen LogP contribution is 2.62. The number of anilines is 1. The maximum Gasteiger partial charge on any atom is 0.186 e. The summed E-state index contributed by atoms with van der Waals surface area (Å²) in [5.74, 6) is -0.202. The van der Waals surface area contributed by atoms with Crippen LogP contribution in [0.4, 0.5) is 5.69 Å². The van der Waals surface area contributed by atoms with Crippen LogP contribution in [0.2, 0.25) is 0 Å². The van der Waals surface area contributed by atoms with Crippen LogP contribution in [0.1, 0.15) is 53.7 Å². The van der Waals surface area contributed by atoms with Crippen molar-refractivity contribution in [1.82, 2.24) is 0 Å². The van der Waals surface area contributed by atoms with E-state index in [4.69, 9.17) is 14.2 Å². The van der Waals surface area contributed by atoms with Gasteiger partial charge in [0.05, 0.1) is 27.4 Å². The van der Waals surface area contributed by atoms with Crippen LogP contribution in [0.5, 0.6) is 17.2 Å². The molecule has 7 nitrogen and oxygen atoms in total. The van der Waals surface area contributed by atoms with Crippen molar-refractivity contribution in [3.05, 3.63) is 124 Å². The quantitative estimate of drug-likeness (QED) is 0.193. The molecule has 0 amide bonds. The third-order valence-electron chi connectivity index (χ3n) is 9.36. The van der Waals surface area contributed by atoms with Gasteiger partial charge in [-0.05, 0) is 42.8 Å². The van der Waals surface area contributed by atoms with Crippen LogP contribution in [0.15, 0.2) is 91.0 Å². The molecule has 44 heavy (non-hydrogen) atoms. The average molecular weight is 586 g/mol. The van der Waals surface area contributed by atoms with E-state index in [1.807, 2.05) is 42.2 Å². The van der Waals surface area contributed by atoms with E-state index in [1.165, 1.54) is 7.11 Å². The number of rotatable bonds is 6. The van der Waals surface area contributed by atoms with E-state index in [-0.39, 0.29) is 17.3 Å². The number of carbonyl (C=O) groups excluding carboxylic acids is 3. The molecule has 3 aliphatic rings. The predicted octanol–water partition coefficient (Wildman–Crippen LogP) is 6.34. The summed E-state index contributed by atoms with van der Waals surface area (Å²) in [4.78, 5) is 46.7. The molecule has 2 heterocycles. The number of aryl methyl sites for hydroxylation is 1. The second kappa shape index (κ2) is 10.2. The lowest BCUT2D eigenvalue weighted by Gasteiger charge is -2.37. The maximum absolute atomic E-state index is 15.0. The fourth-order valence-electron chi connectivity index (χ4n) is 7.46. The topological polar surface area (TPSA) is 82.1 Å². The van der Waals surface area contributed by atoms with Crippen molar-refractivity contribution >= 4 is 29.1 Å². The fourth-order valence-corrected chi connectivity index (χ4v) is 7.46. The van der Waals surface area contributed by atoms with Gasteiger partial charge in [-0.25, -0.2) is 0 Å². The number of carbonyl (C=O) groups is 3. The van der Waals surface area contributed by atoms with E-state index in [2.05, 4.69) is 6.07 Å². The number of methoxy groups -OCH3 is 3. The Hall–Kier alpha value is -5.17. The number of Topliss-reactive ketones (excluding diaryl/α,β-unsaturated/α-hetero) is 3. The van der Waals surface area contributed by atoms with Crippen LogP contribution >= 0.6 is 0 Å². The fraction of sp³-hybridized carbons (Fsp3) is 0.216. The molecule has 4 aromatic carbocycles. The highest BCUT2D eigenvalue weighted by molar-refractivity contribution is 6.32. The van der Waals surface area contributed by atoms with Crippen molar-refractivity contribution in [3.8, 4) is 17.2 Å². The summed E-state index contributed by atoms with van der Waals surface area (Å²) in [7, 11) is 4.65. The molecule has 1 aliphatic carbocycles. The molecule has 0 bridgehead atoms. The molecule has 7 heteroatoms. The van der Waals surface area contributed by atoms with Gasteiger partial charge in [-0.3, -0.25) is 14.4 Å². The first-order chi connectivity index (χ1) is 21.3. The largest absolute Gasteiger partial charge is 0.497 e. The van der Waals surface area contributed by atoms with Gasteiger partial charge in [0, 0.05) is 39.9 Å². The van der Waals surface area contributed by atoms with Gasteiger partial charge in [0.15, 0.2) is 17.3 Å². The van der Waals surface area contributed by atoms with Crippen LogP contribution < -0.4 is 19.1 Å². The molecule has 2 aliphatic heterocycles. The van der Waals surface area contributed by atoms with Crippen molar-refractivity contribution in [2.24, 2.45) is 5.41 Å². The maximum atomic E-state index is 15.0. The lowest BCUT2D eigenvalue weighted by Crippen LogP contribution is -2.48. The highest BCUT2D eigenvalue weighted by Gasteiger charge is 2.72. The number of hydrogen-bond donors (Lipinski definition) is 0. The van der Waals surface area contributed by atoms with Gasteiger partial charge < -0.3 is 19.1 Å². The lowest BCUT2D eigenvalue weighted by atomic mass is 9.64. The third kappa shape index (κ3) is 3.71. The third-order valence-corrected chi connectivity index (χ3v) is 9.36. The first kappa shape index (κ1) is 27.7. The van der Waals surface area contributed by atoms with E-state index < -0.39 is 23.4 Å². The molecular weight excluding hydrogens is 554 g/mol. The molecule has 0 aromatic heterocycles. The Morgan fingerprint density at radius 2 is 1.48 bits per heavy atom. The summed E-state index contributed by atoms with van der Waals surface area (Å²) in [6.45, 7) is 2.01. The molecule has 1 fully saturated rings. The Kier molecular flexibility index (Phi) is 6.43. The molecule has 0 unspecified atom stereocenters. The van der Waals surface area contributed by atoms with Gasteiger partial charge in [-0.1, -0.05) is 66.2 Å². The Balaban J connectivity index is 1.57. The Bertz CT molecular complexity index is 1860. The highest BCUT2D eigenvalue weighted by atomic mass is 16.5. The number of ketones is 3. The monoisotopic (exact) mass is 585 g/mol. The van der Waals surface area contributed by atoms with E-state index >= 15 is 0 Å². The van der Waals surface area contributed by atoms with Gasteiger partial charge in [-0.15, -0.1) is 0 Å². The minimum atomic E-state index is -1.64. The van der Waals surface area contributed by atoms with E-state index in [9.17, 15) is 14.4 Å². The molecule has 0 N–H and O–H groups in total. The zero-order chi connectivity index (χ0) is 30.7. The SMILES string of the molecule is COc1cccc(C(=O)[C@@H]2[C@@H](c3ccc(OC)cc3OC)C3(C(=O)c4ccccc4C3=O)[C@@H]3C=Cc4cc(C)ccc4N23)c1. The van der Waals surface area contributed by atoms with Gasteiger partial charge in [0.1, 0.15) is 28.7 Å². The minimum absolute atomic E-state index is 0.230. The van der Waals surface area contributed by atoms with Crippen LogP contribution in [0.3, 0.4) is 0 Å². The van der Waals surface area contributed by atoms with Crippen LogP contribution in [-0.2, 0) is 0 Å². The van der Waals surface area contributed by atoms with Crippen LogP contribution in [0, 0.1) is 12.3 Å². The number of fused-ring (bicyclic) bond motifs is 5. The molecule has 4 aromatic rings. The average Bonchev–Trinajstić information content (AvgIpc) is 3.49. The molecule has 3 atom stereocenters. The molecule has 0 saturated carbocycles. The number of hydrogen-bond acceptors (Lipinski definition) is 7. The Morgan fingerprint density at radius 1 is 0.773 bits per heavy atom. The van der Waals surface area contributed by atoms with Crippen molar-refractivity contribution < 1.29 is 28.6 Å².